The summed E-state index contributed by atoms with van der Waals surface area (Å²) in [6.45, 7) is 0. The first-order valence-corrected chi connectivity index (χ1v) is 21.5. The maximum atomic E-state index is 6.91. The van der Waals surface area contributed by atoms with Gasteiger partial charge in [0.1, 0.15) is 22.3 Å². The van der Waals surface area contributed by atoms with E-state index in [2.05, 4.69) is 217 Å². The number of fused-ring (bicyclic) bond motifs is 17. The smallest absolute Gasteiger partial charge is 0.143 e. The fraction of sp³-hybridized carbons (Fsp3) is 0. The molecular weight excluding hydrogens is 767 g/mol. The maximum Gasteiger partial charge on any atom is 0.143 e. The van der Waals surface area contributed by atoms with Crippen LogP contribution in [-0.4, -0.2) is 0 Å². The highest BCUT2D eigenvalue weighted by atomic mass is 16.3. The minimum absolute atomic E-state index is 0.867. The van der Waals surface area contributed by atoms with Crippen molar-refractivity contribution in [1.29, 1.82) is 0 Å². The number of nitrogens with zero attached hydrogens (tertiary/aromatic N) is 1. The van der Waals surface area contributed by atoms with E-state index in [9.17, 15) is 0 Å². The zero-order valence-electron chi connectivity index (χ0n) is 34.1. The Bertz CT molecular complexity index is 4030. The number of para-hydroxylation sites is 2. The van der Waals surface area contributed by atoms with Crippen molar-refractivity contribution < 1.29 is 8.83 Å². The average Bonchev–Trinajstić information content (AvgIpc) is 3.92. The van der Waals surface area contributed by atoms with Gasteiger partial charge in [-0.15, -0.1) is 0 Å². The third-order valence-electron chi connectivity index (χ3n) is 12.9. The highest BCUT2D eigenvalue weighted by molar-refractivity contribution is 6.31. The lowest BCUT2D eigenvalue weighted by Gasteiger charge is -2.26. The zero-order valence-corrected chi connectivity index (χ0v) is 34.1. The van der Waals surface area contributed by atoms with E-state index in [0.29, 0.717) is 0 Å². The molecule has 0 spiro atoms. The summed E-state index contributed by atoms with van der Waals surface area (Å²) in [5, 5.41) is 15.9. The molecule has 13 aromatic rings. The fourth-order valence-electron chi connectivity index (χ4n) is 9.99. The third kappa shape index (κ3) is 5.60. The number of rotatable bonds is 4. The van der Waals surface area contributed by atoms with Crippen LogP contribution in [0.25, 0.3) is 109 Å². The molecular formula is C60H37NO2. The number of anilines is 3. The molecule has 0 saturated heterocycles. The molecule has 0 aliphatic rings. The number of benzene rings is 10. The molecule has 13 rings (SSSR count). The lowest BCUT2D eigenvalue weighted by atomic mass is 9.93. The number of furan rings is 2. The van der Waals surface area contributed by atoms with Crippen LogP contribution in [0.3, 0.4) is 0 Å². The molecule has 0 aliphatic heterocycles. The van der Waals surface area contributed by atoms with Crippen molar-refractivity contribution in [2.24, 2.45) is 0 Å². The summed E-state index contributed by atoms with van der Waals surface area (Å²) in [6, 6.07) is 80.8. The van der Waals surface area contributed by atoms with E-state index in [4.69, 9.17) is 8.83 Å². The van der Waals surface area contributed by atoms with E-state index in [1.165, 1.54) is 32.7 Å². The molecule has 0 unspecified atom stereocenters. The SMILES string of the molecule is c1ccc(-c2ccc(N(c3ccc4oc5ccccc5c4c3)c3ccc4c(c3)c3ccccc3c3ccccc3c3ccccc3c3c4ccc4c5ccccc5oc43)cc2)cc1. The Morgan fingerprint density at radius 1 is 0.238 bits per heavy atom. The van der Waals surface area contributed by atoms with E-state index >= 15 is 0 Å². The van der Waals surface area contributed by atoms with Gasteiger partial charge in [0.2, 0.25) is 0 Å². The minimum atomic E-state index is 0.867. The van der Waals surface area contributed by atoms with Crippen LogP contribution in [0.2, 0.25) is 0 Å². The van der Waals surface area contributed by atoms with Gasteiger partial charge in [-0.1, -0.05) is 164 Å². The molecule has 0 aliphatic carbocycles. The molecule has 3 nitrogen and oxygen atoms in total. The van der Waals surface area contributed by atoms with Crippen molar-refractivity contribution in [1.82, 2.24) is 0 Å². The normalized spacial score (nSPS) is 11.8. The molecule has 3 heteroatoms. The molecule has 0 fully saturated rings. The standard InChI is InChI=1S/C60H37NO2/c1-2-14-38(15-3-1)39-26-28-40(29-27-39)61(42-31-35-58-55(37-42)50-22-11-12-24-56(50)62-58)41-30-32-48-52-33-34-53-49-21-10-13-25-57(49)63-60(53)59(52)51-23-9-8-19-46(51)44-17-5-4-16-43(44)45-18-6-7-20-47(45)54(48)36-41/h1-37H. The van der Waals surface area contributed by atoms with E-state index in [-0.39, 0.29) is 0 Å². The van der Waals surface area contributed by atoms with Gasteiger partial charge in [-0.3, -0.25) is 0 Å². The summed E-state index contributed by atoms with van der Waals surface area (Å²) >= 11 is 0. The quantitative estimate of drug-likeness (QED) is 0.177. The molecule has 0 amide bonds. The summed E-state index contributed by atoms with van der Waals surface area (Å²) in [5.41, 5.74) is 9.01. The molecule has 63 heavy (non-hydrogen) atoms. The second-order valence-electron chi connectivity index (χ2n) is 16.4. The summed E-state index contributed by atoms with van der Waals surface area (Å²) in [7, 11) is 0. The van der Waals surface area contributed by atoms with Gasteiger partial charge in [0.05, 0.1) is 0 Å². The van der Waals surface area contributed by atoms with Gasteiger partial charge in [-0.05, 0) is 120 Å². The van der Waals surface area contributed by atoms with Gasteiger partial charge in [-0.2, -0.15) is 0 Å². The van der Waals surface area contributed by atoms with E-state index in [1.807, 2.05) is 12.1 Å². The summed E-state index contributed by atoms with van der Waals surface area (Å²) in [4.78, 5) is 2.38. The summed E-state index contributed by atoms with van der Waals surface area (Å²) < 4.78 is 13.2. The Labute approximate surface area is 362 Å². The lowest BCUT2D eigenvalue weighted by molar-refractivity contribution is 0.669. The van der Waals surface area contributed by atoms with E-state index in [0.717, 1.165) is 93.3 Å². The van der Waals surface area contributed by atoms with Crippen LogP contribution in [0, 0.1) is 0 Å². The van der Waals surface area contributed by atoms with Crippen molar-refractivity contribution >= 4 is 115 Å². The van der Waals surface area contributed by atoms with Crippen LogP contribution in [0.1, 0.15) is 0 Å². The largest absolute Gasteiger partial charge is 0.456 e. The molecule has 2 heterocycles. The van der Waals surface area contributed by atoms with Gasteiger partial charge in [-0.25, -0.2) is 0 Å². The summed E-state index contributed by atoms with van der Waals surface area (Å²) in [6.07, 6.45) is 0. The predicted octanol–water partition coefficient (Wildman–Crippen LogP) is 17.5. The molecule has 11 aromatic carbocycles. The number of hydrogen-bond donors (Lipinski definition) is 0. The van der Waals surface area contributed by atoms with Crippen LogP contribution in [0.5, 0.6) is 0 Å². The van der Waals surface area contributed by atoms with Crippen molar-refractivity contribution in [3.05, 3.63) is 224 Å². The first kappa shape index (κ1) is 35.4. The second kappa shape index (κ2) is 14.1. The Balaban J connectivity index is 1.18. The van der Waals surface area contributed by atoms with Crippen molar-refractivity contribution in [2.75, 3.05) is 4.90 Å². The Hall–Kier alpha value is -8.40. The molecule has 0 radical (unpaired) electrons. The Morgan fingerprint density at radius 3 is 1.30 bits per heavy atom. The van der Waals surface area contributed by atoms with Crippen LogP contribution in [0.15, 0.2) is 233 Å². The van der Waals surface area contributed by atoms with Gasteiger partial charge in [0.25, 0.3) is 0 Å². The molecule has 2 aromatic heterocycles. The van der Waals surface area contributed by atoms with E-state index < -0.39 is 0 Å². The highest BCUT2D eigenvalue weighted by Crippen LogP contribution is 2.44. The van der Waals surface area contributed by atoms with Crippen molar-refractivity contribution in [3.8, 4) is 11.1 Å². The minimum Gasteiger partial charge on any atom is -0.456 e. The topological polar surface area (TPSA) is 29.5 Å². The summed E-state index contributed by atoms with van der Waals surface area (Å²) in [5.74, 6) is 0. The number of hydrogen-bond acceptors (Lipinski definition) is 3. The Kier molecular flexibility index (Phi) is 7.91. The maximum absolute atomic E-state index is 6.91. The highest BCUT2D eigenvalue weighted by Gasteiger charge is 2.19. The average molecular weight is 804 g/mol. The van der Waals surface area contributed by atoms with Gasteiger partial charge < -0.3 is 13.7 Å². The predicted molar refractivity (Wildman–Crippen MR) is 266 cm³/mol. The van der Waals surface area contributed by atoms with Crippen LogP contribution < -0.4 is 4.90 Å². The van der Waals surface area contributed by atoms with Crippen LogP contribution in [-0.2, 0) is 0 Å². The van der Waals surface area contributed by atoms with E-state index in [1.54, 1.807) is 0 Å². The van der Waals surface area contributed by atoms with Crippen molar-refractivity contribution in [2.45, 2.75) is 0 Å². The van der Waals surface area contributed by atoms with Gasteiger partial charge in [0, 0.05) is 44.0 Å². The molecule has 0 atom stereocenters. The molecule has 0 saturated carbocycles. The molecule has 0 N–H and O–H groups in total. The first-order valence-electron chi connectivity index (χ1n) is 21.5. The second-order valence-corrected chi connectivity index (χ2v) is 16.4. The monoisotopic (exact) mass is 803 g/mol. The van der Waals surface area contributed by atoms with Gasteiger partial charge in [0.15, 0.2) is 0 Å². The van der Waals surface area contributed by atoms with Gasteiger partial charge >= 0.3 is 0 Å². The van der Waals surface area contributed by atoms with Crippen LogP contribution in [0.4, 0.5) is 17.1 Å². The third-order valence-corrected chi connectivity index (χ3v) is 12.9. The first-order chi connectivity index (χ1) is 31.2. The lowest BCUT2D eigenvalue weighted by Crippen LogP contribution is -2.09. The Morgan fingerprint density at radius 2 is 0.635 bits per heavy atom. The zero-order chi connectivity index (χ0) is 41.4. The fourth-order valence-corrected chi connectivity index (χ4v) is 9.99. The van der Waals surface area contributed by atoms with Crippen LogP contribution >= 0.6 is 0 Å². The van der Waals surface area contributed by atoms with Crippen molar-refractivity contribution in [3.63, 3.8) is 0 Å². The molecule has 294 valence electrons. The molecule has 0 bridgehead atoms.